The molecule has 2 aromatic carbocycles. The van der Waals surface area contributed by atoms with Crippen molar-refractivity contribution in [2.75, 3.05) is 17.2 Å². The highest BCUT2D eigenvalue weighted by Gasteiger charge is 2.10. The van der Waals surface area contributed by atoms with Gasteiger partial charge in [0, 0.05) is 9.50 Å². The predicted molar refractivity (Wildman–Crippen MR) is 101 cm³/mol. The van der Waals surface area contributed by atoms with Crippen molar-refractivity contribution in [2.24, 2.45) is 0 Å². The minimum absolute atomic E-state index is 0.247. The molecule has 0 fully saturated rings. The van der Waals surface area contributed by atoms with Crippen LogP contribution in [0.5, 0.6) is 0 Å². The molecule has 0 aliphatic heterocycles. The lowest BCUT2D eigenvalue weighted by Gasteiger charge is -2.10. The van der Waals surface area contributed by atoms with E-state index in [2.05, 4.69) is 31.9 Å². The molecule has 9 heteroatoms. The van der Waals surface area contributed by atoms with E-state index in [0.717, 1.165) is 4.47 Å². The number of hydrogen-bond acceptors (Lipinski definition) is 2. The van der Waals surface area contributed by atoms with Gasteiger partial charge in [-0.15, -0.1) is 0 Å². The Labute approximate surface area is 161 Å². The van der Waals surface area contributed by atoms with Crippen LogP contribution in [-0.2, 0) is 4.79 Å². The van der Waals surface area contributed by atoms with Crippen LogP contribution in [0.1, 0.15) is 0 Å². The normalized spacial score (nSPS) is 10.2. The number of halogens is 4. The lowest BCUT2D eigenvalue weighted by molar-refractivity contribution is -0.115. The van der Waals surface area contributed by atoms with Crippen molar-refractivity contribution in [2.45, 2.75) is 0 Å². The average molecular weight is 452 g/mol. The molecule has 0 aromatic heterocycles. The number of nitrogens with one attached hydrogen (secondary N) is 3. The minimum atomic E-state index is -0.563. The highest BCUT2D eigenvalue weighted by Crippen LogP contribution is 2.26. The Morgan fingerprint density at radius 2 is 1.67 bits per heavy atom. The van der Waals surface area contributed by atoms with Gasteiger partial charge in [0.15, 0.2) is 0 Å². The second-order valence-corrected chi connectivity index (χ2v) is 6.77. The molecule has 3 N–H and O–H groups in total. The Morgan fingerprint density at radius 1 is 0.917 bits per heavy atom. The molecule has 0 saturated heterocycles. The van der Waals surface area contributed by atoms with Crippen molar-refractivity contribution >= 4 is 74.0 Å². The first-order chi connectivity index (χ1) is 11.3. The molecule has 0 aliphatic carbocycles. The number of hydrogen-bond donors (Lipinski definition) is 3. The Balaban J connectivity index is 1.87. The summed E-state index contributed by atoms with van der Waals surface area (Å²) in [6, 6.07) is 9.14. The van der Waals surface area contributed by atoms with E-state index in [1.54, 1.807) is 30.3 Å². The number of anilines is 2. The van der Waals surface area contributed by atoms with Crippen molar-refractivity contribution in [1.29, 1.82) is 0 Å². The molecule has 0 radical (unpaired) electrons. The zero-order valence-corrected chi connectivity index (χ0v) is 15.9. The number of urea groups is 1. The van der Waals surface area contributed by atoms with Crippen molar-refractivity contribution in [3.8, 4) is 0 Å². The Hall–Kier alpha value is -1.47. The predicted octanol–water partition coefficient (Wildman–Crippen LogP) is 5.17. The van der Waals surface area contributed by atoms with Gasteiger partial charge in [-0.3, -0.25) is 4.79 Å². The SMILES string of the molecule is O=C(CNC(=O)Nc1ccc(Br)cc1Cl)Nc1cc(Cl)ccc1Cl. The summed E-state index contributed by atoms with van der Waals surface area (Å²) in [6.45, 7) is -0.247. The molecule has 0 saturated carbocycles. The summed E-state index contributed by atoms with van der Waals surface area (Å²) in [5.41, 5.74) is 0.794. The lowest BCUT2D eigenvalue weighted by atomic mass is 10.3. The van der Waals surface area contributed by atoms with Gasteiger partial charge in [0.1, 0.15) is 0 Å². The van der Waals surface area contributed by atoms with Gasteiger partial charge in [-0.1, -0.05) is 50.7 Å². The van der Waals surface area contributed by atoms with Crippen LogP contribution < -0.4 is 16.0 Å². The van der Waals surface area contributed by atoms with Gasteiger partial charge in [0.2, 0.25) is 5.91 Å². The number of rotatable bonds is 4. The van der Waals surface area contributed by atoms with E-state index in [4.69, 9.17) is 34.8 Å². The Bertz CT molecular complexity index is 787. The number of amides is 3. The third kappa shape index (κ3) is 5.56. The summed E-state index contributed by atoms with van der Waals surface area (Å²) in [5.74, 6) is -0.448. The smallest absolute Gasteiger partial charge is 0.319 e. The number of benzene rings is 2. The van der Waals surface area contributed by atoms with Crippen molar-refractivity contribution in [1.82, 2.24) is 5.32 Å². The summed E-state index contributed by atoms with van der Waals surface area (Å²) in [6.07, 6.45) is 0. The average Bonchev–Trinajstić information content (AvgIpc) is 2.52. The van der Waals surface area contributed by atoms with Gasteiger partial charge in [-0.2, -0.15) is 0 Å². The molecular weight excluding hydrogens is 440 g/mol. The highest BCUT2D eigenvalue weighted by molar-refractivity contribution is 9.10. The maximum absolute atomic E-state index is 11.9. The van der Waals surface area contributed by atoms with E-state index in [9.17, 15) is 9.59 Å². The lowest BCUT2D eigenvalue weighted by Crippen LogP contribution is -2.35. The van der Waals surface area contributed by atoms with Crippen LogP contribution in [0, 0.1) is 0 Å². The second kappa shape index (κ2) is 8.58. The standard InChI is InChI=1S/C15H11BrCl3N3O2/c16-8-1-4-12(11(19)5-8)22-15(24)20-7-14(23)21-13-6-9(17)2-3-10(13)18/h1-6H,7H2,(H,21,23)(H2,20,22,24). The first-order valence-corrected chi connectivity index (χ1v) is 8.52. The molecule has 126 valence electrons. The van der Waals surface area contributed by atoms with E-state index in [-0.39, 0.29) is 6.54 Å². The molecule has 0 unspecified atom stereocenters. The molecule has 24 heavy (non-hydrogen) atoms. The van der Waals surface area contributed by atoms with Crippen LogP contribution in [0.4, 0.5) is 16.2 Å². The fourth-order valence-electron chi connectivity index (χ4n) is 1.71. The topological polar surface area (TPSA) is 70.2 Å². The van der Waals surface area contributed by atoms with Crippen molar-refractivity contribution < 1.29 is 9.59 Å². The first kappa shape index (κ1) is 18.9. The van der Waals surface area contributed by atoms with Gasteiger partial charge in [-0.25, -0.2) is 4.79 Å². The van der Waals surface area contributed by atoms with Crippen LogP contribution in [0.2, 0.25) is 15.1 Å². The van der Waals surface area contributed by atoms with Crippen LogP contribution in [-0.4, -0.2) is 18.5 Å². The highest BCUT2D eigenvalue weighted by atomic mass is 79.9. The molecule has 5 nitrogen and oxygen atoms in total. The second-order valence-electron chi connectivity index (χ2n) is 4.60. The van der Waals surface area contributed by atoms with Gasteiger partial charge in [-0.05, 0) is 36.4 Å². The molecule has 0 spiro atoms. The van der Waals surface area contributed by atoms with Crippen LogP contribution in [0.3, 0.4) is 0 Å². The van der Waals surface area contributed by atoms with E-state index in [1.165, 1.54) is 6.07 Å². The molecule has 0 heterocycles. The number of carbonyl (C=O) groups excluding carboxylic acids is 2. The van der Waals surface area contributed by atoms with Crippen molar-refractivity contribution in [3.63, 3.8) is 0 Å². The third-order valence-corrected chi connectivity index (χ3v) is 4.16. The van der Waals surface area contributed by atoms with E-state index in [0.29, 0.717) is 26.4 Å². The zero-order valence-electron chi connectivity index (χ0n) is 12.0. The summed E-state index contributed by atoms with van der Waals surface area (Å²) < 4.78 is 0.788. The van der Waals surface area contributed by atoms with E-state index >= 15 is 0 Å². The van der Waals surface area contributed by atoms with Crippen LogP contribution in [0.25, 0.3) is 0 Å². The Kier molecular flexibility index (Phi) is 6.74. The first-order valence-electron chi connectivity index (χ1n) is 6.60. The third-order valence-electron chi connectivity index (χ3n) is 2.79. The van der Waals surface area contributed by atoms with Gasteiger partial charge in [0.05, 0.1) is 28.0 Å². The van der Waals surface area contributed by atoms with Gasteiger partial charge >= 0.3 is 6.03 Å². The van der Waals surface area contributed by atoms with Crippen LogP contribution >= 0.6 is 50.7 Å². The van der Waals surface area contributed by atoms with Gasteiger partial charge in [0.25, 0.3) is 0 Å². The maximum atomic E-state index is 11.9. The quantitative estimate of drug-likeness (QED) is 0.600. The minimum Gasteiger partial charge on any atom is -0.329 e. The summed E-state index contributed by atoms with van der Waals surface area (Å²) in [7, 11) is 0. The number of carbonyl (C=O) groups is 2. The summed E-state index contributed by atoms with van der Waals surface area (Å²) in [5, 5.41) is 8.68. The van der Waals surface area contributed by atoms with E-state index in [1.807, 2.05) is 0 Å². The molecule has 0 bridgehead atoms. The Morgan fingerprint density at radius 3 is 2.38 bits per heavy atom. The molecule has 2 aromatic rings. The fourth-order valence-corrected chi connectivity index (χ4v) is 2.76. The summed E-state index contributed by atoms with van der Waals surface area (Å²) >= 11 is 21.1. The van der Waals surface area contributed by atoms with Crippen LogP contribution in [0.15, 0.2) is 40.9 Å². The molecule has 2 rings (SSSR count). The molecule has 0 atom stereocenters. The summed E-state index contributed by atoms with van der Waals surface area (Å²) in [4.78, 5) is 23.7. The van der Waals surface area contributed by atoms with E-state index < -0.39 is 11.9 Å². The molecular formula is C15H11BrCl3N3O2. The monoisotopic (exact) mass is 449 g/mol. The molecule has 0 aliphatic rings. The molecule has 3 amide bonds. The van der Waals surface area contributed by atoms with Gasteiger partial charge < -0.3 is 16.0 Å². The maximum Gasteiger partial charge on any atom is 0.319 e. The largest absolute Gasteiger partial charge is 0.329 e. The van der Waals surface area contributed by atoms with Crippen molar-refractivity contribution in [3.05, 3.63) is 55.9 Å². The zero-order chi connectivity index (χ0) is 17.7. The fraction of sp³-hybridized carbons (Fsp3) is 0.0667.